The third kappa shape index (κ3) is 4.39. The zero-order chi connectivity index (χ0) is 19.3. The molecular weight excluding hydrogens is 379 g/mol. The molecule has 5 amide bonds. The number of para-hydroxylation sites is 1. The average molecular weight is 400 g/mol. The summed E-state index contributed by atoms with van der Waals surface area (Å²) in [5, 5.41) is 4.94. The Labute approximate surface area is 156 Å². The van der Waals surface area contributed by atoms with Crippen molar-refractivity contribution in [2.75, 3.05) is 25.2 Å². The smallest absolute Gasteiger partial charge is 0.314 e. The zero-order valence-electron chi connectivity index (χ0n) is 14.7. The molecular formula is C15H21N4O5PS. The van der Waals surface area contributed by atoms with Crippen LogP contribution in [0.2, 0.25) is 0 Å². The van der Waals surface area contributed by atoms with Gasteiger partial charge in [0.05, 0.1) is 13.2 Å². The molecule has 1 aliphatic heterocycles. The second kappa shape index (κ2) is 8.59. The van der Waals surface area contributed by atoms with Crippen LogP contribution in [0.15, 0.2) is 30.3 Å². The Morgan fingerprint density at radius 1 is 1.19 bits per heavy atom. The molecule has 1 saturated heterocycles. The normalized spacial score (nSPS) is 17.6. The molecule has 1 atom stereocenters. The Balaban J connectivity index is 2.19. The monoisotopic (exact) mass is 400 g/mol. The Hall–Kier alpha value is -2.00. The van der Waals surface area contributed by atoms with E-state index in [0.717, 1.165) is 4.90 Å². The van der Waals surface area contributed by atoms with Crippen molar-refractivity contribution in [1.82, 2.24) is 15.3 Å². The van der Waals surface area contributed by atoms with Crippen molar-refractivity contribution in [3.63, 3.8) is 0 Å². The summed E-state index contributed by atoms with van der Waals surface area (Å²) in [5.74, 6) is -0.560. The molecule has 0 aromatic heterocycles. The van der Waals surface area contributed by atoms with Crippen molar-refractivity contribution in [1.29, 1.82) is 0 Å². The van der Waals surface area contributed by atoms with Crippen LogP contribution < -0.4 is 15.3 Å². The number of nitrogens with zero attached hydrogens (tertiary/aromatic N) is 2. The number of anilines is 1. The largest absolute Gasteiger partial charge is 0.333 e. The molecule has 0 bridgehead atoms. The van der Waals surface area contributed by atoms with Gasteiger partial charge in [0.2, 0.25) is 0 Å². The molecule has 1 unspecified atom stereocenters. The Kier molecular flexibility index (Phi) is 6.71. The molecule has 1 aromatic rings. The lowest BCUT2D eigenvalue weighted by Crippen LogP contribution is -2.51. The maximum Gasteiger partial charge on any atom is 0.333 e. The number of rotatable bonds is 7. The number of imide groups is 1. The Morgan fingerprint density at radius 2 is 1.77 bits per heavy atom. The van der Waals surface area contributed by atoms with E-state index < -0.39 is 30.8 Å². The van der Waals surface area contributed by atoms with E-state index in [1.54, 1.807) is 44.2 Å². The van der Waals surface area contributed by atoms with Gasteiger partial charge < -0.3 is 14.4 Å². The average Bonchev–Trinajstić information content (AvgIpc) is 2.80. The van der Waals surface area contributed by atoms with Crippen LogP contribution in [0.1, 0.15) is 13.8 Å². The Morgan fingerprint density at radius 3 is 2.31 bits per heavy atom. The van der Waals surface area contributed by atoms with Gasteiger partial charge in [0.25, 0.3) is 12.5 Å². The van der Waals surface area contributed by atoms with Gasteiger partial charge in [-0.1, -0.05) is 18.2 Å². The molecule has 26 heavy (non-hydrogen) atoms. The molecule has 1 fully saturated rings. The van der Waals surface area contributed by atoms with Gasteiger partial charge in [-0.3, -0.25) is 19.7 Å². The van der Waals surface area contributed by atoms with Crippen molar-refractivity contribution in [3.8, 4) is 0 Å². The summed E-state index contributed by atoms with van der Waals surface area (Å²) in [5.41, 5.74) is 0.481. The van der Waals surface area contributed by atoms with E-state index in [0.29, 0.717) is 5.69 Å². The van der Waals surface area contributed by atoms with Gasteiger partial charge >= 0.3 is 12.1 Å². The maximum absolute atomic E-state index is 12.4. The molecule has 142 valence electrons. The fourth-order valence-electron chi connectivity index (χ4n) is 2.36. The van der Waals surface area contributed by atoms with Crippen LogP contribution in [0, 0.1) is 0 Å². The maximum atomic E-state index is 12.4. The van der Waals surface area contributed by atoms with E-state index in [9.17, 15) is 14.4 Å². The summed E-state index contributed by atoms with van der Waals surface area (Å²) in [6, 6.07) is 7.28. The molecule has 0 radical (unpaired) electrons. The van der Waals surface area contributed by atoms with Crippen LogP contribution in [-0.4, -0.2) is 49.3 Å². The quantitative estimate of drug-likeness (QED) is 0.537. The van der Waals surface area contributed by atoms with Gasteiger partial charge in [-0.05, 0) is 37.8 Å². The number of amides is 5. The van der Waals surface area contributed by atoms with Crippen LogP contribution >= 0.6 is 6.64 Å². The predicted octanol–water partition coefficient (Wildman–Crippen LogP) is 2.01. The fraction of sp³-hybridized carbons (Fsp3) is 0.400. The summed E-state index contributed by atoms with van der Waals surface area (Å²) in [6.45, 7) is 0.945. The molecule has 0 aliphatic carbocycles. The van der Waals surface area contributed by atoms with Crippen LogP contribution in [0.4, 0.5) is 15.3 Å². The topological polar surface area (TPSA) is 100 Å². The molecule has 0 saturated carbocycles. The lowest BCUT2D eigenvalue weighted by atomic mass is 10.3. The van der Waals surface area contributed by atoms with E-state index in [2.05, 4.69) is 10.4 Å². The minimum atomic E-state index is -3.03. The van der Waals surface area contributed by atoms with Crippen molar-refractivity contribution in [2.45, 2.75) is 20.0 Å². The molecule has 1 heterocycles. The highest BCUT2D eigenvalue weighted by Gasteiger charge is 2.45. The fourth-order valence-corrected chi connectivity index (χ4v) is 4.44. The lowest BCUT2D eigenvalue weighted by Gasteiger charge is -2.25. The number of nitrogens with one attached hydrogen (secondary N) is 2. The number of carbonyl (C=O) groups is 3. The molecule has 11 heteroatoms. The zero-order valence-corrected chi connectivity index (χ0v) is 16.4. The van der Waals surface area contributed by atoms with E-state index in [-0.39, 0.29) is 13.2 Å². The van der Waals surface area contributed by atoms with E-state index >= 15 is 0 Å². The van der Waals surface area contributed by atoms with Crippen molar-refractivity contribution in [3.05, 3.63) is 30.3 Å². The summed E-state index contributed by atoms with van der Waals surface area (Å²) < 4.78 is 10.7. The summed E-state index contributed by atoms with van der Waals surface area (Å²) >= 11 is 5.23. The van der Waals surface area contributed by atoms with Gasteiger partial charge in [0.1, 0.15) is 0 Å². The van der Waals surface area contributed by atoms with E-state index in [1.807, 2.05) is 0 Å². The van der Waals surface area contributed by atoms with Crippen molar-refractivity contribution >= 4 is 42.1 Å². The SMILES string of the molecule is CCOP(=S)(NC(=O)NC1C(=O)N(C)C(=O)N1c1ccccc1)OCC. The number of hydrogen-bond acceptors (Lipinski definition) is 6. The summed E-state index contributed by atoms with van der Waals surface area (Å²) in [7, 11) is 1.35. The standard InChI is InChI=1S/C15H21N4O5PS/c1-4-23-25(26,24-5-2)17-14(21)16-12-13(20)18(3)15(22)19(12)11-9-7-6-8-10-11/h6-10,12H,4-5H2,1-3H3,(H2,16,17,21,26). The first-order valence-electron chi connectivity index (χ1n) is 7.96. The van der Waals surface area contributed by atoms with E-state index in [4.69, 9.17) is 20.9 Å². The van der Waals surface area contributed by atoms with Gasteiger partial charge in [-0.15, -0.1) is 0 Å². The second-order valence-corrected chi connectivity index (χ2v) is 8.38. The predicted molar refractivity (Wildman–Crippen MR) is 100 cm³/mol. The van der Waals surface area contributed by atoms with Crippen LogP contribution in [-0.2, 0) is 25.6 Å². The highest BCUT2D eigenvalue weighted by atomic mass is 32.5. The summed E-state index contributed by atoms with van der Waals surface area (Å²) in [4.78, 5) is 39.3. The van der Waals surface area contributed by atoms with Gasteiger partial charge in [0, 0.05) is 12.7 Å². The minimum Gasteiger partial charge on any atom is -0.314 e. The molecule has 1 aromatic carbocycles. The first-order valence-corrected chi connectivity index (χ1v) is 10.6. The molecule has 2 rings (SSSR count). The minimum absolute atomic E-state index is 0.261. The third-order valence-corrected chi connectivity index (χ3v) is 6.03. The van der Waals surface area contributed by atoms with Crippen LogP contribution in [0.3, 0.4) is 0 Å². The first-order chi connectivity index (χ1) is 12.3. The van der Waals surface area contributed by atoms with Gasteiger partial charge in [0.15, 0.2) is 6.17 Å². The Bertz CT molecular complexity index is 722. The first kappa shape index (κ1) is 20.3. The number of urea groups is 2. The molecule has 2 N–H and O–H groups in total. The number of benzene rings is 1. The van der Waals surface area contributed by atoms with E-state index in [1.165, 1.54) is 11.9 Å². The second-order valence-electron chi connectivity index (χ2n) is 5.21. The highest BCUT2D eigenvalue weighted by molar-refractivity contribution is 8.09. The molecule has 0 spiro atoms. The highest BCUT2D eigenvalue weighted by Crippen LogP contribution is 2.43. The van der Waals surface area contributed by atoms with Crippen LogP contribution in [0.5, 0.6) is 0 Å². The van der Waals surface area contributed by atoms with Gasteiger partial charge in [-0.2, -0.15) is 0 Å². The number of hydrogen-bond donors (Lipinski definition) is 2. The van der Waals surface area contributed by atoms with Crippen molar-refractivity contribution in [2.24, 2.45) is 0 Å². The summed E-state index contributed by atoms with van der Waals surface area (Å²) in [6.07, 6.45) is -1.19. The van der Waals surface area contributed by atoms with Gasteiger partial charge in [-0.25, -0.2) is 9.59 Å². The molecule has 9 nitrogen and oxygen atoms in total. The third-order valence-electron chi connectivity index (χ3n) is 3.45. The number of carbonyl (C=O) groups excluding carboxylic acids is 3. The molecule has 1 aliphatic rings. The van der Waals surface area contributed by atoms with Crippen LogP contribution in [0.25, 0.3) is 0 Å². The van der Waals surface area contributed by atoms with Crippen molar-refractivity contribution < 1.29 is 23.4 Å². The lowest BCUT2D eigenvalue weighted by molar-refractivity contribution is -0.126. The number of likely N-dealkylation sites (N-methyl/N-ethyl adjacent to an activating group) is 1.